The molecule has 0 saturated heterocycles. The van der Waals surface area contributed by atoms with Crippen LogP contribution in [0, 0.1) is 0 Å². The Morgan fingerprint density at radius 2 is 1.79 bits per heavy atom. The van der Waals surface area contributed by atoms with Crippen molar-refractivity contribution in [1.82, 2.24) is 0 Å². The Kier molecular flexibility index (Phi) is 6.83. The summed E-state index contributed by atoms with van der Waals surface area (Å²) in [6.07, 6.45) is 2.07. The molecule has 108 valence electrons. The fourth-order valence-corrected chi connectivity index (χ4v) is 2.17. The molecule has 0 radical (unpaired) electrons. The van der Waals surface area contributed by atoms with Gasteiger partial charge in [0.15, 0.2) is 0 Å². The highest BCUT2D eigenvalue weighted by atomic mass is 32.2. The van der Waals surface area contributed by atoms with E-state index in [1.54, 1.807) is 7.11 Å². The predicted octanol–water partition coefficient (Wildman–Crippen LogP) is 1.32. The third-order valence-electron chi connectivity index (χ3n) is 2.61. The standard InChI is InChI=1S/C13H21NO4S/c1-17-10-8-12-4-6-13(7-5-12)18-9-2-3-11-19(14,15)16/h4-7H,2-3,8-11H2,1H3,(H2,14,15,16). The van der Waals surface area contributed by atoms with Crippen LogP contribution in [0.5, 0.6) is 5.75 Å². The highest BCUT2D eigenvalue weighted by Crippen LogP contribution is 2.13. The molecule has 5 nitrogen and oxygen atoms in total. The second-order valence-corrected chi connectivity index (χ2v) is 6.04. The van der Waals surface area contributed by atoms with Crippen molar-refractivity contribution in [3.63, 3.8) is 0 Å². The van der Waals surface area contributed by atoms with Crippen molar-refractivity contribution in [3.8, 4) is 5.75 Å². The van der Waals surface area contributed by atoms with Crippen LogP contribution in [0.1, 0.15) is 18.4 Å². The summed E-state index contributed by atoms with van der Waals surface area (Å²) >= 11 is 0. The second kappa shape index (κ2) is 8.14. The maximum atomic E-state index is 10.7. The summed E-state index contributed by atoms with van der Waals surface area (Å²) in [7, 11) is -1.67. The van der Waals surface area contributed by atoms with Crippen LogP contribution < -0.4 is 9.88 Å². The van der Waals surface area contributed by atoms with Gasteiger partial charge < -0.3 is 9.47 Å². The SMILES string of the molecule is COCCc1ccc(OCCCCS(N)(=O)=O)cc1. The van der Waals surface area contributed by atoms with Crippen LogP contribution in [0.25, 0.3) is 0 Å². The first kappa shape index (κ1) is 15.9. The van der Waals surface area contributed by atoms with Gasteiger partial charge in [-0.3, -0.25) is 0 Å². The van der Waals surface area contributed by atoms with E-state index in [2.05, 4.69) is 0 Å². The minimum Gasteiger partial charge on any atom is -0.494 e. The number of hydrogen-bond donors (Lipinski definition) is 1. The Bertz CT molecular complexity index is 456. The zero-order valence-electron chi connectivity index (χ0n) is 11.2. The molecule has 1 rings (SSSR count). The Balaban J connectivity index is 2.22. The molecule has 0 unspecified atom stereocenters. The zero-order valence-corrected chi connectivity index (χ0v) is 12.0. The highest BCUT2D eigenvalue weighted by molar-refractivity contribution is 7.89. The quantitative estimate of drug-likeness (QED) is 0.695. The molecule has 1 aromatic carbocycles. The van der Waals surface area contributed by atoms with Gasteiger partial charge in [-0.2, -0.15) is 0 Å². The Labute approximate surface area is 114 Å². The predicted molar refractivity (Wildman–Crippen MR) is 74.7 cm³/mol. The summed E-state index contributed by atoms with van der Waals surface area (Å²) in [6.45, 7) is 1.20. The van der Waals surface area contributed by atoms with Crippen molar-refractivity contribution in [2.45, 2.75) is 19.3 Å². The number of benzene rings is 1. The summed E-state index contributed by atoms with van der Waals surface area (Å²) in [5.41, 5.74) is 1.20. The van der Waals surface area contributed by atoms with E-state index in [0.717, 1.165) is 12.2 Å². The van der Waals surface area contributed by atoms with Crippen molar-refractivity contribution in [2.24, 2.45) is 5.14 Å². The van der Waals surface area contributed by atoms with E-state index in [-0.39, 0.29) is 5.75 Å². The van der Waals surface area contributed by atoms with Gasteiger partial charge in [0.1, 0.15) is 5.75 Å². The molecule has 0 saturated carbocycles. The van der Waals surface area contributed by atoms with Crippen molar-refractivity contribution in [1.29, 1.82) is 0 Å². The third kappa shape index (κ3) is 7.81. The molecule has 0 heterocycles. The van der Waals surface area contributed by atoms with E-state index < -0.39 is 10.0 Å². The molecule has 0 bridgehead atoms. The van der Waals surface area contributed by atoms with Gasteiger partial charge in [0.25, 0.3) is 0 Å². The number of nitrogens with two attached hydrogens (primary N) is 1. The van der Waals surface area contributed by atoms with Gasteiger partial charge in [0.2, 0.25) is 10.0 Å². The van der Waals surface area contributed by atoms with Crippen LogP contribution in [-0.2, 0) is 21.2 Å². The van der Waals surface area contributed by atoms with E-state index in [0.29, 0.717) is 26.1 Å². The molecule has 0 fully saturated rings. The fourth-order valence-electron chi connectivity index (χ4n) is 1.57. The summed E-state index contributed by atoms with van der Waals surface area (Å²) in [5, 5.41) is 4.91. The first-order valence-corrected chi connectivity index (χ1v) is 7.94. The van der Waals surface area contributed by atoms with Crippen molar-refractivity contribution >= 4 is 10.0 Å². The molecule has 0 atom stereocenters. The Morgan fingerprint density at radius 1 is 1.11 bits per heavy atom. The number of hydrogen-bond acceptors (Lipinski definition) is 4. The number of ether oxygens (including phenoxy) is 2. The lowest BCUT2D eigenvalue weighted by Gasteiger charge is -2.07. The molecular weight excluding hydrogens is 266 g/mol. The van der Waals surface area contributed by atoms with Gasteiger partial charge in [-0.1, -0.05) is 12.1 Å². The van der Waals surface area contributed by atoms with Crippen LogP contribution in [-0.4, -0.2) is 34.5 Å². The highest BCUT2D eigenvalue weighted by Gasteiger charge is 2.02. The molecule has 0 aromatic heterocycles. The topological polar surface area (TPSA) is 78.6 Å². The molecule has 0 aliphatic carbocycles. The molecule has 0 spiro atoms. The third-order valence-corrected chi connectivity index (χ3v) is 3.47. The number of unbranched alkanes of at least 4 members (excludes halogenated alkanes) is 1. The molecule has 19 heavy (non-hydrogen) atoms. The average Bonchev–Trinajstić information content (AvgIpc) is 2.36. The molecule has 2 N–H and O–H groups in total. The second-order valence-electron chi connectivity index (χ2n) is 4.31. The van der Waals surface area contributed by atoms with E-state index in [1.165, 1.54) is 5.56 Å². The average molecular weight is 287 g/mol. The zero-order chi connectivity index (χ0) is 14.1. The number of sulfonamides is 1. The maximum Gasteiger partial charge on any atom is 0.209 e. The smallest absolute Gasteiger partial charge is 0.209 e. The summed E-state index contributed by atoms with van der Waals surface area (Å²) in [5.74, 6) is 0.795. The lowest BCUT2D eigenvalue weighted by Crippen LogP contribution is -2.16. The van der Waals surface area contributed by atoms with E-state index >= 15 is 0 Å². The van der Waals surface area contributed by atoms with Crippen LogP contribution >= 0.6 is 0 Å². The summed E-state index contributed by atoms with van der Waals surface area (Å²) in [4.78, 5) is 0. The monoisotopic (exact) mass is 287 g/mol. The largest absolute Gasteiger partial charge is 0.494 e. The Morgan fingerprint density at radius 3 is 2.37 bits per heavy atom. The molecular formula is C13H21NO4S. The molecule has 6 heteroatoms. The first-order chi connectivity index (χ1) is 9.01. The fraction of sp³-hybridized carbons (Fsp3) is 0.538. The normalized spacial score (nSPS) is 11.5. The van der Waals surface area contributed by atoms with Crippen LogP contribution in [0.3, 0.4) is 0 Å². The molecule has 0 aliphatic rings. The maximum absolute atomic E-state index is 10.7. The van der Waals surface area contributed by atoms with Crippen molar-refractivity contribution < 1.29 is 17.9 Å². The number of rotatable bonds is 9. The number of methoxy groups -OCH3 is 1. The van der Waals surface area contributed by atoms with Crippen LogP contribution in [0.2, 0.25) is 0 Å². The van der Waals surface area contributed by atoms with Crippen molar-refractivity contribution in [3.05, 3.63) is 29.8 Å². The Hall–Kier alpha value is -1.11. The molecule has 1 aromatic rings. The summed E-state index contributed by atoms with van der Waals surface area (Å²) in [6, 6.07) is 7.81. The van der Waals surface area contributed by atoms with Crippen molar-refractivity contribution in [2.75, 3.05) is 26.1 Å². The summed E-state index contributed by atoms with van der Waals surface area (Å²) < 4.78 is 31.9. The molecule has 0 aliphatic heterocycles. The van der Waals surface area contributed by atoms with Gasteiger partial charge in [-0.25, -0.2) is 13.6 Å². The lowest BCUT2D eigenvalue weighted by atomic mass is 10.1. The van der Waals surface area contributed by atoms with Gasteiger partial charge in [-0.15, -0.1) is 0 Å². The van der Waals surface area contributed by atoms with Gasteiger partial charge in [-0.05, 0) is 37.0 Å². The van der Waals surface area contributed by atoms with E-state index in [9.17, 15) is 8.42 Å². The lowest BCUT2D eigenvalue weighted by molar-refractivity contribution is 0.202. The van der Waals surface area contributed by atoms with Crippen LogP contribution in [0.4, 0.5) is 0 Å². The van der Waals surface area contributed by atoms with E-state index in [4.69, 9.17) is 14.6 Å². The number of primary sulfonamides is 1. The molecule has 0 amide bonds. The van der Waals surface area contributed by atoms with E-state index in [1.807, 2.05) is 24.3 Å². The minimum atomic E-state index is -3.35. The van der Waals surface area contributed by atoms with Gasteiger partial charge in [0, 0.05) is 7.11 Å². The first-order valence-electron chi connectivity index (χ1n) is 6.22. The minimum absolute atomic E-state index is 0.00627. The van der Waals surface area contributed by atoms with Gasteiger partial charge in [0.05, 0.1) is 19.0 Å². The van der Waals surface area contributed by atoms with Crippen LogP contribution in [0.15, 0.2) is 24.3 Å². The van der Waals surface area contributed by atoms with Gasteiger partial charge >= 0.3 is 0 Å².